The van der Waals surface area contributed by atoms with Gasteiger partial charge in [0.15, 0.2) is 0 Å². The van der Waals surface area contributed by atoms with Gasteiger partial charge >= 0.3 is 0 Å². The molecule has 2 rings (SSSR count). The van der Waals surface area contributed by atoms with Gasteiger partial charge in [0.25, 0.3) is 0 Å². The average Bonchev–Trinajstić information content (AvgIpc) is 2.48. The van der Waals surface area contributed by atoms with E-state index in [0.29, 0.717) is 24.0 Å². The number of nitrogens with one attached hydrogen (secondary N) is 1. The van der Waals surface area contributed by atoms with Gasteiger partial charge in [0.1, 0.15) is 0 Å². The molecule has 3 heteroatoms. The Morgan fingerprint density at radius 1 is 1.14 bits per heavy atom. The highest BCUT2D eigenvalue weighted by molar-refractivity contribution is 5.21. The standard InChI is InChI=1S/C18H31N3/c1-14(2)18(21-12-11-20(5)15(3)13-21)17(19-4)16-9-7-6-8-10-16/h6-10,14-15,17-19H,11-13H2,1-5H3. The Hall–Kier alpha value is -0.900. The first kappa shape index (κ1) is 16.5. The highest BCUT2D eigenvalue weighted by Gasteiger charge is 2.33. The Morgan fingerprint density at radius 2 is 1.81 bits per heavy atom. The van der Waals surface area contributed by atoms with Crippen LogP contribution in [0.3, 0.4) is 0 Å². The fraction of sp³-hybridized carbons (Fsp3) is 0.667. The predicted octanol–water partition coefficient (Wildman–Crippen LogP) is 2.61. The van der Waals surface area contributed by atoms with Crippen LogP contribution >= 0.6 is 0 Å². The summed E-state index contributed by atoms with van der Waals surface area (Å²) in [5.41, 5.74) is 1.39. The van der Waals surface area contributed by atoms with E-state index in [-0.39, 0.29) is 0 Å². The van der Waals surface area contributed by atoms with Gasteiger partial charge in [-0.3, -0.25) is 4.90 Å². The van der Waals surface area contributed by atoms with E-state index < -0.39 is 0 Å². The molecular weight excluding hydrogens is 258 g/mol. The first-order valence-electron chi connectivity index (χ1n) is 8.21. The first-order chi connectivity index (χ1) is 10.0. The van der Waals surface area contributed by atoms with E-state index in [2.05, 4.69) is 80.3 Å². The molecule has 0 radical (unpaired) electrons. The summed E-state index contributed by atoms with van der Waals surface area (Å²) in [5.74, 6) is 0.623. The predicted molar refractivity (Wildman–Crippen MR) is 90.5 cm³/mol. The second-order valence-corrected chi connectivity index (χ2v) is 6.74. The van der Waals surface area contributed by atoms with Crippen molar-refractivity contribution in [1.82, 2.24) is 15.1 Å². The maximum Gasteiger partial charge on any atom is 0.0478 e. The minimum atomic E-state index is 0.391. The Labute approximate surface area is 130 Å². The normalized spacial score (nSPS) is 24.2. The number of hydrogen-bond acceptors (Lipinski definition) is 3. The lowest BCUT2D eigenvalue weighted by atomic mass is 9.89. The highest BCUT2D eigenvalue weighted by atomic mass is 15.3. The second-order valence-electron chi connectivity index (χ2n) is 6.74. The zero-order valence-corrected chi connectivity index (χ0v) is 14.2. The van der Waals surface area contributed by atoms with Crippen LogP contribution in [0.5, 0.6) is 0 Å². The van der Waals surface area contributed by atoms with Crippen molar-refractivity contribution in [3.63, 3.8) is 0 Å². The van der Waals surface area contributed by atoms with Crippen LogP contribution in [0, 0.1) is 5.92 Å². The Morgan fingerprint density at radius 3 is 2.33 bits per heavy atom. The molecule has 3 atom stereocenters. The molecule has 0 aromatic heterocycles. The van der Waals surface area contributed by atoms with Crippen molar-refractivity contribution in [2.24, 2.45) is 5.92 Å². The summed E-state index contributed by atoms with van der Waals surface area (Å²) < 4.78 is 0. The molecule has 0 aliphatic carbocycles. The molecule has 118 valence electrons. The van der Waals surface area contributed by atoms with Crippen molar-refractivity contribution in [1.29, 1.82) is 0 Å². The van der Waals surface area contributed by atoms with E-state index in [9.17, 15) is 0 Å². The quantitative estimate of drug-likeness (QED) is 0.899. The number of piperazine rings is 1. The van der Waals surface area contributed by atoms with Gasteiger partial charge in [0.2, 0.25) is 0 Å². The summed E-state index contributed by atoms with van der Waals surface area (Å²) in [7, 11) is 4.33. The highest BCUT2D eigenvalue weighted by Crippen LogP contribution is 2.28. The number of hydrogen-bond donors (Lipinski definition) is 1. The maximum atomic E-state index is 3.57. The lowest BCUT2D eigenvalue weighted by Crippen LogP contribution is -2.57. The van der Waals surface area contributed by atoms with Crippen LogP contribution in [-0.4, -0.2) is 55.6 Å². The molecule has 1 N–H and O–H groups in total. The van der Waals surface area contributed by atoms with Gasteiger partial charge in [-0.15, -0.1) is 0 Å². The van der Waals surface area contributed by atoms with E-state index in [0.717, 1.165) is 19.6 Å². The molecular formula is C18H31N3. The third-order valence-corrected chi connectivity index (χ3v) is 4.91. The van der Waals surface area contributed by atoms with Crippen LogP contribution in [0.15, 0.2) is 30.3 Å². The van der Waals surface area contributed by atoms with E-state index in [1.54, 1.807) is 0 Å². The monoisotopic (exact) mass is 289 g/mol. The van der Waals surface area contributed by atoms with Gasteiger partial charge in [0, 0.05) is 37.8 Å². The Bertz CT molecular complexity index is 418. The third-order valence-electron chi connectivity index (χ3n) is 4.91. The lowest BCUT2D eigenvalue weighted by molar-refractivity contribution is 0.0387. The molecule has 0 amide bonds. The van der Waals surface area contributed by atoms with Gasteiger partial charge in [-0.1, -0.05) is 44.2 Å². The molecule has 1 saturated heterocycles. The van der Waals surface area contributed by atoms with Crippen molar-refractivity contribution in [2.75, 3.05) is 33.7 Å². The maximum absolute atomic E-state index is 3.57. The second kappa shape index (κ2) is 7.39. The zero-order chi connectivity index (χ0) is 15.4. The Kier molecular flexibility index (Phi) is 5.80. The zero-order valence-electron chi connectivity index (χ0n) is 14.2. The van der Waals surface area contributed by atoms with Crippen molar-refractivity contribution in [3.8, 4) is 0 Å². The van der Waals surface area contributed by atoms with Crippen LogP contribution < -0.4 is 5.32 Å². The molecule has 3 unspecified atom stereocenters. The van der Waals surface area contributed by atoms with E-state index in [1.807, 2.05) is 0 Å². The van der Waals surface area contributed by atoms with Crippen LogP contribution in [0.25, 0.3) is 0 Å². The van der Waals surface area contributed by atoms with Gasteiger partial charge in [0.05, 0.1) is 0 Å². The first-order valence-corrected chi connectivity index (χ1v) is 8.21. The summed E-state index contributed by atoms with van der Waals surface area (Å²) in [6.07, 6.45) is 0. The van der Waals surface area contributed by atoms with Gasteiger partial charge in [-0.25, -0.2) is 0 Å². The number of likely N-dealkylation sites (N-methyl/N-ethyl adjacent to an activating group) is 2. The fourth-order valence-corrected chi connectivity index (χ4v) is 3.56. The molecule has 3 nitrogen and oxygen atoms in total. The fourth-order valence-electron chi connectivity index (χ4n) is 3.56. The number of nitrogens with zero attached hydrogens (tertiary/aromatic N) is 2. The van der Waals surface area contributed by atoms with Crippen LogP contribution in [0.1, 0.15) is 32.4 Å². The van der Waals surface area contributed by atoms with E-state index in [1.165, 1.54) is 5.56 Å². The van der Waals surface area contributed by atoms with Crippen LogP contribution in [0.2, 0.25) is 0 Å². The van der Waals surface area contributed by atoms with Crippen molar-refractivity contribution in [3.05, 3.63) is 35.9 Å². The molecule has 0 saturated carbocycles. The van der Waals surface area contributed by atoms with Gasteiger partial charge in [-0.05, 0) is 32.5 Å². The minimum Gasteiger partial charge on any atom is -0.312 e. The molecule has 1 aliphatic rings. The number of rotatable bonds is 5. The number of benzene rings is 1. The molecule has 1 fully saturated rings. The third kappa shape index (κ3) is 3.85. The molecule has 1 aromatic carbocycles. The summed E-state index contributed by atoms with van der Waals surface area (Å²) in [6, 6.07) is 12.4. The SMILES string of the molecule is CNC(c1ccccc1)C(C(C)C)N1CCN(C)C(C)C1. The van der Waals surface area contributed by atoms with Crippen molar-refractivity contribution >= 4 is 0 Å². The van der Waals surface area contributed by atoms with Crippen molar-refractivity contribution < 1.29 is 0 Å². The van der Waals surface area contributed by atoms with E-state index >= 15 is 0 Å². The summed E-state index contributed by atoms with van der Waals surface area (Å²) in [4.78, 5) is 5.15. The average molecular weight is 289 g/mol. The smallest absolute Gasteiger partial charge is 0.0478 e. The lowest BCUT2D eigenvalue weighted by Gasteiger charge is -2.46. The molecule has 0 spiro atoms. The van der Waals surface area contributed by atoms with Gasteiger partial charge in [-0.2, -0.15) is 0 Å². The summed E-state index contributed by atoms with van der Waals surface area (Å²) in [5, 5.41) is 3.57. The summed E-state index contributed by atoms with van der Waals surface area (Å²) >= 11 is 0. The molecule has 21 heavy (non-hydrogen) atoms. The van der Waals surface area contributed by atoms with Crippen LogP contribution in [-0.2, 0) is 0 Å². The van der Waals surface area contributed by atoms with E-state index in [4.69, 9.17) is 0 Å². The molecule has 1 aliphatic heterocycles. The largest absolute Gasteiger partial charge is 0.312 e. The minimum absolute atomic E-state index is 0.391. The van der Waals surface area contributed by atoms with Crippen molar-refractivity contribution in [2.45, 2.75) is 38.9 Å². The summed E-state index contributed by atoms with van der Waals surface area (Å²) in [6.45, 7) is 10.5. The van der Waals surface area contributed by atoms with Gasteiger partial charge < -0.3 is 10.2 Å². The Balaban J connectivity index is 2.21. The topological polar surface area (TPSA) is 18.5 Å². The molecule has 0 bridgehead atoms. The molecule has 1 aromatic rings. The molecule has 1 heterocycles. The van der Waals surface area contributed by atoms with Crippen LogP contribution in [0.4, 0.5) is 0 Å².